The van der Waals surface area contributed by atoms with Crippen molar-refractivity contribution < 1.29 is 14.3 Å². The Morgan fingerprint density at radius 2 is 2.02 bits per heavy atom. The van der Waals surface area contributed by atoms with E-state index in [2.05, 4.69) is 37.8 Å². The Labute approximate surface area is 253 Å². The number of piperidine rings is 2. The molecule has 6 heterocycles. The van der Waals surface area contributed by atoms with Crippen LogP contribution < -0.4 is 26.0 Å². The second-order valence-electron chi connectivity index (χ2n) is 11.5. The summed E-state index contributed by atoms with van der Waals surface area (Å²) >= 11 is 1.49. The number of carbonyl (C=O) groups excluding carboxylic acids is 2. The summed E-state index contributed by atoms with van der Waals surface area (Å²) in [4.78, 5) is 34.8. The van der Waals surface area contributed by atoms with Crippen LogP contribution in [-0.2, 0) is 4.79 Å². The van der Waals surface area contributed by atoms with Crippen LogP contribution in [0.4, 0.5) is 11.5 Å². The maximum absolute atomic E-state index is 13.8. The third-order valence-electron chi connectivity index (χ3n) is 8.68. The number of anilines is 2. The number of nitrogens with two attached hydrogens (primary N) is 1. The highest BCUT2D eigenvalue weighted by molar-refractivity contribution is 7.21. The predicted molar refractivity (Wildman–Crippen MR) is 169 cm³/mol. The molecular formula is C31H36N8O3S. The van der Waals surface area contributed by atoms with Crippen molar-refractivity contribution in [3.63, 3.8) is 0 Å². The normalized spacial score (nSPS) is 19.7. The van der Waals surface area contributed by atoms with Crippen LogP contribution >= 0.6 is 11.3 Å². The number of thiophene rings is 1. The maximum atomic E-state index is 13.8. The molecule has 1 atom stereocenters. The summed E-state index contributed by atoms with van der Waals surface area (Å²) in [5, 5.41) is 12.2. The molecule has 0 bridgehead atoms. The number of ether oxygens (including phenoxy) is 1. The quantitative estimate of drug-likeness (QED) is 0.308. The lowest BCUT2D eigenvalue weighted by Gasteiger charge is -2.34. The third kappa shape index (κ3) is 5.29. The van der Waals surface area contributed by atoms with Crippen molar-refractivity contribution in [3.05, 3.63) is 53.3 Å². The molecule has 1 aromatic carbocycles. The van der Waals surface area contributed by atoms with Crippen LogP contribution in [0.1, 0.15) is 48.0 Å². The van der Waals surface area contributed by atoms with E-state index in [1.165, 1.54) is 17.7 Å². The zero-order valence-electron chi connectivity index (χ0n) is 24.2. The fourth-order valence-corrected chi connectivity index (χ4v) is 7.47. The molecule has 2 amide bonds. The molecule has 11 nitrogen and oxygen atoms in total. The number of nitrogen functional groups attached to an aromatic ring is 1. The third-order valence-corrected chi connectivity index (χ3v) is 9.83. The molecule has 0 saturated carbocycles. The van der Waals surface area contributed by atoms with Gasteiger partial charge in [0.25, 0.3) is 5.91 Å². The largest absolute Gasteiger partial charge is 0.488 e. The topological polar surface area (TPSA) is 130 Å². The van der Waals surface area contributed by atoms with Crippen LogP contribution in [0.5, 0.6) is 5.75 Å². The molecule has 7 rings (SSSR count). The van der Waals surface area contributed by atoms with Crippen molar-refractivity contribution in [2.75, 3.05) is 49.9 Å². The van der Waals surface area contributed by atoms with E-state index in [9.17, 15) is 9.59 Å². The van der Waals surface area contributed by atoms with Crippen LogP contribution in [0, 0.1) is 0 Å². The van der Waals surface area contributed by atoms with E-state index in [4.69, 9.17) is 10.5 Å². The highest BCUT2D eigenvalue weighted by Gasteiger charge is 2.30. The monoisotopic (exact) mass is 600 g/mol. The lowest BCUT2D eigenvalue weighted by molar-refractivity contribution is -0.127. The Kier molecular flexibility index (Phi) is 7.39. The van der Waals surface area contributed by atoms with Crippen molar-refractivity contribution in [3.8, 4) is 5.75 Å². The van der Waals surface area contributed by atoms with E-state index >= 15 is 0 Å². The average Bonchev–Trinajstić information content (AvgIpc) is 3.75. The Morgan fingerprint density at radius 1 is 1.19 bits per heavy atom. The molecule has 0 aliphatic carbocycles. The highest BCUT2D eigenvalue weighted by Crippen LogP contribution is 2.39. The molecular weight excluding hydrogens is 564 g/mol. The summed E-state index contributed by atoms with van der Waals surface area (Å²) in [7, 11) is 0. The number of amides is 2. The smallest absolute Gasteiger partial charge is 0.265 e. The molecule has 0 radical (unpaired) electrons. The van der Waals surface area contributed by atoms with Crippen LogP contribution in [-0.4, -0.2) is 82.7 Å². The standard InChI is InChI=1S/C31H36N8O3S/c1-19(40)37-14-10-20(16-37)24-15-25(27-30(32)34-18-35-39(24)27)38-13-4-5-21(17-38)36-31(41)29-28(42-22-8-11-33-12-9-22)23-6-2-3-7-26(23)43-29/h2-3,6-7,10,15,18,21-22,33H,4-5,8-9,11-14,16-17H2,1H3,(H,36,41)(H2,32,34,35)/t21-/m1/s1. The van der Waals surface area contributed by atoms with Gasteiger partial charge in [-0.25, -0.2) is 9.50 Å². The Bertz CT molecular complexity index is 1720. The van der Waals surface area contributed by atoms with Crippen LogP contribution in [0.25, 0.3) is 21.2 Å². The SMILES string of the molecule is CC(=O)N1CC=C(c2cc(N3CCC[C@@H](NC(=O)c4sc5ccccc5c4OC4CCNCC4)C3)c3c(N)ncnn23)C1. The van der Waals surface area contributed by atoms with Gasteiger partial charge >= 0.3 is 0 Å². The first kappa shape index (κ1) is 27.7. The van der Waals surface area contributed by atoms with Crippen LogP contribution in [0.15, 0.2) is 42.7 Å². The Hall–Kier alpha value is -4.16. The number of hydrogen-bond acceptors (Lipinski definition) is 9. The number of carbonyl (C=O) groups is 2. The van der Waals surface area contributed by atoms with Gasteiger partial charge in [-0.05, 0) is 62.5 Å². The number of nitrogens with one attached hydrogen (secondary N) is 2. The zero-order valence-corrected chi connectivity index (χ0v) is 25.0. The minimum absolute atomic E-state index is 0.0408. The number of fused-ring (bicyclic) bond motifs is 2. The highest BCUT2D eigenvalue weighted by atomic mass is 32.1. The minimum atomic E-state index is -0.0947. The summed E-state index contributed by atoms with van der Waals surface area (Å²) in [6, 6.07) is 10.1. The van der Waals surface area contributed by atoms with Crippen molar-refractivity contribution in [2.45, 2.75) is 44.8 Å². The summed E-state index contributed by atoms with van der Waals surface area (Å²) in [6.07, 6.45) is 7.26. The second kappa shape index (κ2) is 11.5. The molecule has 4 N–H and O–H groups in total. The minimum Gasteiger partial charge on any atom is -0.488 e. The average molecular weight is 601 g/mol. The van der Waals surface area contributed by atoms with E-state index in [0.29, 0.717) is 36.1 Å². The zero-order chi connectivity index (χ0) is 29.5. The lowest BCUT2D eigenvalue weighted by Crippen LogP contribution is -2.47. The molecule has 3 aliphatic heterocycles. The van der Waals surface area contributed by atoms with Gasteiger partial charge in [0.2, 0.25) is 5.91 Å². The molecule has 2 saturated heterocycles. The van der Waals surface area contributed by atoms with Gasteiger partial charge in [0.15, 0.2) is 11.6 Å². The van der Waals surface area contributed by atoms with E-state index in [0.717, 1.165) is 77.9 Å². The van der Waals surface area contributed by atoms with Gasteiger partial charge in [-0.15, -0.1) is 11.3 Å². The predicted octanol–water partition coefficient (Wildman–Crippen LogP) is 3.30. The van der Waals surface area contributed by atoms with Crippen molar-refractivity contribution in [1.82, 2.24) is 30.1 Å². The second-order valence-corrected chi connectivity index (χ2v) is 12.6. The van der Waals surface area contributed by atoms with Gasteiger partial charge in [-0.3, -0.25) is 9.59 Å². The number of benzene rings is 1. The fraction of sp³-hybridized carbons (Fsp3) is 0.419. The molecule has 12 heteroatoms. The van der Waals surface area contributed by atoms with E-state index in [1.54, 1.807) is 11.8 Å². The number of rotatable bonds is 6. The first-order valence-electron chi connectivity index (χ1n) is 15.0. The summed E-state index contributed by atoms with van der Waals surface area (Å²) in [6.45, 7) is 5.99. The van der Waals surface area contributed by atoms with Gasteiger partial charge in [-0.2, -0.15) is 5.10 Å². The van der Waals surface area contributed by atoms with Crippen LogP contribution in [0.3, 0.4) is 0 Å². The lowest BCUT2D eigenvalue weighted by atomic mass is 10.0. The molecule has 224 valence electrons. The molecule has 3 aromatic heterocycles. The number of nitrogens with zero attached hydrogens (tertiary/aromatic N) is 5. The van der Waals surface area contributed by atoms with Gasteiger partial charge in [-0.1, -0.05) is 18.2 Å². The van der Waals surface area contributed by atoms with E-state index in [-0.39, 0.29) is 24.0 Å². The van der Waals surface area contributed by atoms with Gasteiger partial charge in [0.1, 0.15) is 22.8 Å². The molecule has 43 heavy (non-hydrogen) atoms. The maximum Gasteiger partial charge on any atom is 0.265 e. The summed E-state index contributed by atoms with van der Waals surface area (Å²) < 4.78 is 9.40. The van der Waals surface area contributed by atoms with Crippen molar-refractivity contribution in [2.24, 2.45) is 0 Å². The summed E-state index contributed by atoms with van der Waals surface area (Å²) in [5.74, 6) is 1.05. The molecule has 4 aromatic rings. The molecule has 0 unspecified atom stereocenters. The van der Waals surface area contributed by atoms with Crippen molar-refractivity contribution >= 4 is 55.8 Å². The Balaban J connectivity index is 1.14. The number of aromatic nitrogens is 3. The van der Waals surface area contributed by atoms with Gasteiger partial charge < -0.3 is 30.9 Å². The molecule has 3 aliphatic rings. The Morgan fingerprint density at radius 3 is 2.84 bits per heavy atom. The van der Waals surface area contributed by atoms with Gasteiger partial charge in [0.05, 0.1) is 11.4 Å². The first-order chi connectivity index (χ1) is 21.0. The van der Waals surface area contributed by atoms with E-state index in [1.807, 2.05) is 28.8 Å². The molecule has 2 fully saturated rings. The van der Waals surface area contributed by atoms with Gasteiger partial charge in [0, 0.05) is 49.2 Å². The van der Waals surface area contributed by atoms with Crippen molar-refractivity contribution in [1.29, 1.82) is 0 Å². The fourth-order valence-electron chi connectivity index (χ4n) is 6.43. The van der Waals surface area contributed by atoms with Crippen LogP contribution in [0.2, 0.25) is 0 Å². The first-order valence-corrected chi connectivity index (χ1v) is 15.8. The number of hydrogen-bond donors (Lipinski definition) is 3. The molecule has 0 spiro atoms. The summed E-state index contributed by atoms with van der Waals surface area (Å²) in [5.41, 5.74) is 10.0. The van der Waals surface area contributed by atoms with E-state index < -0.39 is 0 Å².